The van der Waals surface area contributed by atoms with E-state index >= 15 is 0 Å². The largest absolute Gasteiger partial charge is 1.00 e. The van der Waals surface area contributed by atoms with E-state index < -0.39 is 5.97 Å². The van der Waals surface area contributed by atoms with Gasteiger partial charge >= 0.3 is 29.6 Å². The standard InChI is InChI=1S/C9H18O2.Na/c1-3-4-5-6-7-8(2)9(10)11;/h8H,3-7H2,1-2H3,(H,10,11);/q;+1/p-1. The van der Waals surface area contributed by atoms with Gasteiger partial charge in [-0.05, 0) is 12.3 Å². The van der Waals surface area contributed by atoms with Crippen molar-refractivity contribution < 1.29 is 39.5 Å². The Labute approximate surface area is 97.0 Å². The van der Waals surface area contributed by atoms with Crippen LogP contribution in [-0.4, -0.2) is 5.97 Å². The third-order valence-corrected chi connectivity index (χ3v) is 1.89. The van der Waals surface area contributed by atoms with Crippen molar-refractivity contribution in [1.29, 1.82) is 0 Å². The summed E-state index contributed by atoms with van der Waals surface area (Å²) < 4.78 is 0. The van der Waals surface area contributed by atoms with Crippen molar-refractivity contribution in [3.8, 4) is 0 Å². The maximum absolute atomic E-state index is 10.3. The van der Waals surface area contributed by atoms with Crippen LogP contribution in [0, 0.1) is 5.92 Å². The number of aliphatic carboxylic acids is 1. The third-order valence-electron chi connectivity index (χ3n) is 1.89. The Morgan fingerprint density at radius 3 is 2.33 bits per heavy atom. The van der Waals surface area contributed by atoms with E-state index in [1.54, 1.807) is 6.92 Å². The van der Waals surface area contributed by atoms with Crippen LogP contribution in [0.1, 0.15) is 46.0 Å². The Morgan fingerprint density at radius 1 is 1.33 bits per heavy atom. The molecule has 0 amide bonds. The molecule has 0 heterocycles. The SMILES string of the molecule is CCCCCCC(C)C(=O)[O-].[Na+]. The first-order chi connectivity index (χ1) is 5.18. The Bertz CT molecular complexity index is 115. The summed E-state index contributed by atoms with van der Waals surface area (Å²) in [6.45, 7) is 3.85. The summed E-state index contributed by atoms with van der Waals surface area (Å²) >= 11 is 0. The van der Waals surface area contributed by atoms with Crippen molar-refractivity contribution in [1.82, 2.24) is 0 Å². The van der Waals surface area contributed by atoms with E-state index in [-0.39, 0.29) is 35.5 Å². The monoisotopic (exact) mass is 180 g/mol. The van der Waals surface area contributed by atoms with Gasteiger partial charge in [-0.25, -0.2) is 0 Å². The number of carboxylic acids is 1. The molecule has 3 heteroatoms. The average Bonchev–Trinajstić information content (AvgIpc) is 1.97. The van der Waals surface area contributed by atoms with Crippen molar-refractivity contribution >= 4 is 5.97 Å². The van der Waals surface area contributed by atoms with Crippen LogP contribution >= 0.6 is 0 Å². The van der Waals surface area contributed by atoms with Gasteiger partial charge < -0.3 is 9.90 Å². The molecule has 0 N–H and O–H groups in total. The molecule has 0 spiro atoms. The molecular formula is C9H17NaO2. The van der Waals surface area contributed by atoms with Crippen molar-refractivity contribution in [2.24, 2.45) is 5.92 Å². The topological polar surface area (TPSA) is 40.1 Å². The van der Waals surface area contributed by atoms with Crippen LogP contribution in [0.4, 0.5) is 0 Å². The molecule has 0 saturated carbocycles. The minimum atomic E-state index is -0.915. The number of carbonyl (C=O) groups excluding carboxylic acids is 1. The van der Waals surface area contributed by atoms with E-state index in [9.17, 15) is 9.90 Å². The van der Waals surface area contributed by atoms with Gasteiger partial charge in [-0.2, -0.15) is 0 Å². The molecule has 66 valence electrons. The number of carbonyl (C=O) groups is 1. The zero-order valence-electron chi connectivity index (χ0n) is 8.43. The maximum Gasteiger partial charge on any atom is 1.00 e. The van der Waals surface area contributed by atoms with Gasteiger partial charge in [-0.15, -0.1) is 0 Å². The number of hydrogen-bond donors (Lipinski definition) is 0. The second-order valence-corrected chi connectivity index (χ2v) is 3.07. The number of hydrogen-bond acceptors (Lipinski definition) is 2. The fraction of sp³-hybridized carbons (Fsp3) is 0.889. The Hall–Kier alpha value is 0.470. The molecule has 0 rings (SSSR count). The van der Waals surface area contributed by atoms with Crippen LogP contribution in [0.5, 0.6) is 0 Å². The molecule has 0 bridgehead atoms. The summed E-state index contributed by atoms with van der Waals surface area (Å²) in [6.07, 6.45) is 5.33. The molecule has 0 aromatic carbocycles. The first kappa shape index (κ1) is 15.0. The number of carboxylic acid groups (broad SMARTS) is 1. The molecular weight excluding hydrogens is 163 g/mol. The van der Waals surface area contributed by atoms with E-state index in [0.717, 1.165) is 19.3 Å². The third kappa shape index (κ3) is 8.57. The van der Waals surface area contributed by atoms with Gasteiger partial charge in [-0.1, -0.05) is 39.5 Å². The average molecular weight is 180 g/mol. The molecule has 0 aromatic rings. The van der Waals surface area contributed by atoms with Crippen LogP contribution in [0.15, 0.2) is 0 Å². The first-order valence-electron chi connectivity index (χ1n) is 4.39. The molecule has 0 aliphatic carbocycles. The molecule has 12 heavy (non-hydrogen) atoms. The van der Waals surface area contributed by atoms with Crippen LogP contribution in [0.2, 0.25) is 0 Å². The zero-order chi connectivity index (χ0) is 8.69. The Balaban J connectivity index is 0. The van der Waals surface area contributed by atoms with Gasteiger partial charge in [0.1, 0.15) is 0 Å². The molecule has 0 aliphatic heterocycles. The van der Waals surface area contributed by atoms with Crippen LogP contribution in [-0.2, 0) is 4.79 Å². The van der Waals surface area contributed by atoms with E-state index in [2.05, 4.69) is 6.92 Å². The van der Waals surface area contributed by atoms with Gasteiger partial charge in [-0.3, -0.25) is 0 Å². The fourth-order valence-corrected chi connectivity index (χ4v) is 0.995. The Kier molecular flexibility index (Phi) is 11.9. The molecule has 1 atom stereocenters. The van der Waals surface area contributed by atoms with Gasteiger partial charge in [0.15, 0.2) is 0 Å². The van der Waals surface area contributed by atoms with E-state index in [1.807, 2.05) is 0 Å². The molecule has 0 aromatic heterocycles. The quantitative estimate of drug-likeness (QED) is 0.363. The molecule has 1 unspecified atom stereocenters. The van der Waals surface area contributed by atoms with Crippen LogP contribution in [0.25, 0.3) is 0 Å². The Morgan fingerprint density at radius 2 is 1.92 bits per heavy atom. The van der Waals surface area contributed by atoms with Crippen molar-refractivity contribution in [2.75, 3.05) is 0 Å². The molecule has 0 aliphatic rings. The van der Waals surface area contributed by atoms with Crippen molar-refractivity contribution in [3.05, 3.63) is 0 Å². The maximum atomic E-state index is 10.3. The normalized spacial score (nSPS) is 11.8. The minimum absolute atomic E-state index is 0. The first-order valence-corrected chi connectivity index (χ1v) is 4.39. The minimum Gasteiger partial charge on any atom is -0.550 e. The molecule has 0 saturated heterocycles. The van der Waals surface area contributed by atoms with Crippen LogP contribution in [0.3, 0.4) is 0 Å². The summed E-state index contributed by atoms with van der Waals surface area (Å²) in [6, 6.07) is 0. The molecule has 0 fully saturated rings. The van der Waals surface area contributed by atoms with Gasteiger partial charge in [0.2, 0.25) is 0 Å². The predicted molar refractivity (Wildman–Crippen MR) is 42.9 cm³/mol. The smallest absolute Gasteiger partial charge is 0.550 e. The fourth-order valence-electron chi connectivity index (χ4n) is 0.995. The molecule has 2 nitrogen and oxygen atoms in total. The van der Waals surface area contributed by atoms with E-state index in [1.165, 1.54) is 12.8 Å². The second kappa shape index (κ2) is 9.56. The summed E-state index contributed by atoms with van der Waals surface area (Å²) in [7, 11) is 0. The second-order valence-electron chi connectivity index (χ2n) is 3.07. The number of rotatable bonds is 6. The summed E-state index contributed by atoms with van der Waals surface area (Å²) in [5.74, 6) is -1.19. The summed E-state index contributed by atoms with van der Waals surface area (Å²) in [4.78, 5) is 10.3. The van der Waals surface area contributed by atoms with E-state index in [4.69, 9.17) is 0 Å². The number of unbranched alkanes of at least 4 members (excludes halogenated alkanes) is 3. The summed E-state index contributed by atoms with van der Waals surface area (Å²) in [5, 5.41) is 10.3. The van der Waals surface area contributed by atoms with Gasteiger partial charge in [0.25, 0.3) is 0 Å². The van der Waals surface area contributed by atoms with Gasteiger partial charge in [0.05, 0.1) is 0 Å². The van der Waals surface area contributed by atoms with Crippen molar-refractivity contribution in [2.45, 2.75) is 46.0 Å². The van der Waals surface area contributed by atoms with Crippen molar-refractivity contribution in [3.63, 3.8) is 0 Å². The van der Waals surface area contributed by atoms with E-state index in [0.29, 0.717) is 0 Å². The predicted octanol–water partition coefficient (Wildman–Crippen LogP) is -1.65. The summed E-state index contributed by atoms with van der Waals surface area (Å²) in [5.41, 5.74) is 0. The van der Waals surface area contributed by atoms with Crippen LogP contribution < -0.4 is 34.7 Å². The zero-order valence-corrected chi connectivity index (χ0v) is 10.4. The molecule has 0 radical (unpaired) electrons. The van der Waals surface area contributed by atoms with Gasteiger partial charge in [0, 0.05) is 5.97 Å².